The van der Waals surface area contributed by atoms with Gasteiger partial charge in [0.15, 0.2) is 0 Å². The molecule has 4 N–H and O–H groups in total. The van der Waals surface area contributed by atoms with Gasteiger partial charge in [0.05, 0.1) is 21.3 Å². The van der Waals surface area contributed by atoms with Gasteiger partial charge >= 0.3 is 0 Å². The summed E-state index contributed by atoms with van der Waals surface area (Å²) in [6.07, 6.45) is 3.03. The van der Waals surface area contributed by atoms with Crippen molar-refractivity contribution in [3.05, 3.63) is 40.0 Å². The topological polar surface area (TPSA) is 90.2 Å². The van der Waals surface area contributed by atoms with Crippen LogP contribution in [0.5, 0.6) is 0 Å². The summed E-state index contributed by atoms with van der Waals surface area (Å²) >= 11 is 11.7. The third-order valence-corrected chi connectivity index (χ3v) is 2.86. The molecule has 0 bridgehead atoms. The minimum absolute atomic E-state index is 0.124. The first-order valence-corrected chi connectivity index (χ1v) is 5.69. The first kappa shape index (κ1) is 12.6. The molecule has 92 valence electrons. The second kappa shape index (κ2) is 5.20. The van der Waals surface area contributed by atoms with Crippen molar-refractivity contribution in [3.8, 4) is 0 Å². The summed E-state index contributed by atoms with van der Waals surface area (Å²) in [6.45, 7) is 0. The summed E-state index contributed by atoms with van der Waals surface area (Å²) in [5, 5.41) is 0.916. The summed E-state index contributed by atoms with van der Waals surface area (Å²) in [4.78, 5) is 11.9. The fraction of sp³-hybridized carbons (Fsp3) is 0. The minimum Gasteiger partial charge on any atom is -0.383 e. The summed E-state index contributed by atoms with van der Waals surface area (Å²) < 4.78 is 0. The van der Waals surface area contributed by atoms with Gasteiger partial charge in [0, 0.05) is 12.4 Å². The Morgan fingerprint density at radius 2 is 1.94 bits per heavy atom. The molecule has 18 heavy (non-hydrogen) atoms. The zero-order valence-corrected chi connectivity index (χ0v) is 10.7. The normalized spacial score (nSPS) is 11.0. The van der Waals surface area contributed by atoms with E-state index in [0.717, 1.165) is 0 Å². The monoisotopic (exact) mass is 281 g/mol. The molecule has 0 atom stereocenters. The third-order valence-electron chi connectivity index (χ3n) is 2.12. The van der Waals surface area contributed by atoms with Gasteiger partial charge in [-0.3, -0.25) is 4.99 Å². The van der Waals surface area contributed by atoms with E-state index in [1.807, 2.05) is 0 Å². The van der Waals surface area contributed by atoms with Crippen LogP contribution < -0.4 is 11.5 Å². The van der Waals surface area contributed by atoms with Crippen LogP contribution in [-0.2, 0) is 0 Å². The Morgan fingerprint density at radius 1 is 1.17 bits per heavy atom. The van der Waals surface area contributed by atoms with Gasteiger partial charge in [0.1, 0.15) is 5.82 Å². The number of nitrogens with zero attached hydrogens (tertiary/aromatic N) is 3. The molecule has 5 nitrogen and oxygen atoms in total. The van der Waals surface area contributed by atoms with Gasteiger partial charge in [0.25, 0.3) is 0 Å². The lowest BCUT2D eigenvalue weighted by molar-refractivity contribution is 1.19. The fourth-order valence-electron chi connectivity index (χ4n) is 1.23. The summed E-state index contributed by atoms with van der Waals surface area (Å²) in [5.74, 6) is 0.394. The zero-order valence-electron chi connectivity index (χ0n) is 9.14. The van der Waals surface area contributed by atoms with Crippen molar-refractivity contribution in [2.75, 3.05) is 11.5 Å². The molecule has 1 aromatic heterocycles. The largest absolute Gasteiger partial charge is 0.383 e. The van der Waals surface area contributed by atoms with E-state index in [9.17, 15) is 0 Å². The summed E-state index contributed by atoms with van der Waals surface area (Å²) in [6, 6.07) is 5.05. The van der Waals surface area contributed by atoms with Gasteiger partial charge < -0.3 is 11.5 Å². The van der Waals surface area contributed by atoms with Crippen LogP contribution in [0.15, 0.2) is 29.4 Å². The van der Waals surface area contributed by atoms with Crippen molar-refractivity contribution in [1.29, 1.82) is 0 Å². The molecule has 0 spiro atoms. The Bertz CT molecular complexity index is 612. The Balaban J connectivity index is 2.27. The highest BCUT2D eigenvalue weighted by Gasteiger charge is 2.00. The number of aromatic nitrogens is 2. The van der Waals surface area contributed by atoms with Crippen molar-refractivity contribution < 1.29 is 0 Å². The van der Waals surface area contributed by atoms with Crippen LogP contribution in [0.2, 0.25) is 10.0 Å². The van der Waals surface area contributed by atoms with E-state index in [-0.39, 0.29) is 11.8 Å². The van der Waals surface area contributed by atoms with Gasteiger partial charge in [-0.25, -0.2) is 4.98 Å². The second-order valence-electron chi connectivity index (χ2n) is 3.43. The maximum Gasteiger partial charge on any atom is 0.221 e. The lowest BCUT2D eigenvalue weighted by atomic mass is 10.3. The predicted octanol–water partition coefficient (Wildman–Crippen LogP) is 2.70. The molecule has 0 unspecified atom stereocenters. The highest BCUT2D eigenvalue weighted by molar-refractivity contribution is 6.42. The predicted molar refractivity (Wildman–Crippen MR) is 74.6 cm³/mol. The van der Waals surface area contributed by atoms with Crippen LogP contribution in [0.1, 0.15) is 5.56 Å². The van der Waals surface area contributed by atoms with Crippen LogP contribution in [0.25, 0.3) is 0 Å². The smallest absolute Gasteiger partial charge is 0.221 e. The van der Waals surface area contributed by atoms with E-state index in [1.165, 1.54) is 12.4 Å². The summed E-state index contributed by atoms with van der Waals surface area (Å²) in [5.41, 5.74) is 12.3. The number of nitrogens with two attached hydrogens (primary N) is 2. The van der Waals surface area contributed by atoms with Crippen LogP contribution in [0, 0.1) is 0 Å². The van der Waals surface area contributed by atoms with Crippen molar-refractivity contribution in [1.82, 2.24) is 9.97 Å². The molecular formula is C11H9Cl2N5. The number of aliphatic imine (C=N–C) groups is 1. The fourth-order valence-corrected chi connectivity index (χ4v) is 1.52. The highest BCUT2D eigenvalue weighted by Crippen LogP contribution is 2.26. The van der Waals surface area contributed by atoms with Crippen LogP contribution in [0.3, 0.4) is 0 Å². The van der Waals surface area contributed by atoms with E-state index in [1.54, 1.807) is 18.2 Å². The number of benzene rings is 1. The molecule has 7 heteroatoms. The average molecular weight is 282 g/mol. The van der Waals surface area contributed by atoms with E-state index < -0.39 is 0 Å². The van der Waals surface area contributed by atoms with Crippen molar-refractivity contribution in [3.63, 3.8) is 0 Å². The van der Waals surface area contributed by atoms with Gasteiger partial charge in [-0.2, -0.15) is 4.98 Å². The standard InChI is InChI=1S/C11H9Cl2N5/c12-8-2-1-7(3-9(8)13)16-4-6-5-17-11(15)18-10(6)14/h1-5H,(H4,14,15,17,18). The molecule has 0 radical (unpaired) electrons. The Labute approximate surface area is 113 Å². The second-order valence-corrected chi connectivity index (χ2v) is 4.24. The first-order chi connectivity index (χ1) is 8.56. The van der Waals surface area contributed by atoms with Gasteiger partial charge in [0.2, 0.25) is 5.95 Å². The maximum atomic E-state index is 5.88. The molecule has 0 saturated carbocycles. The van der Waals surface area contributed by atoms with Crippen molar-refractivity contribution in [2.24, 2.45) is 4.99 Å². The molecule has 0 saturated heterocycles. The van der Waals surface area contributed by atoms with Crippen LogP contribution in [-0.4, -0.2) is 16.2 Å². The molecule has 1 aromatic carbocycles. The molecule has 2 rings (SSSR count). The Morgan fingerprint density at radius 3 is 2.61 bits per heavy atom. The molecular weight excluding hydrogens is 273 g/mol. The van der Waals surface area contributed by atoms with E-state index in [0.29, 0.717) is 21.3 Å². The number of anilines is 2. The van der Waals surface area contributed by atoms with Crippen LogP contribution in [0.4, 0.5) is 17.5 Å². The third kappa shape index (κ3) is 2.88. The summed E-state index contributed by atoms with van der Waals surface area (Å²) in [7, 11) is 0. The number of hydrogen-bond donors (Lipinski definition) is 2. The molecule has 0 aliphatic carbocycles. The van der Waals surface area contributed by atoms with Crippen molar-refractivity contribution >= 4 is 46.9 Å². The van der Waals surface area contributed by atoms with Gasteiger partial charge in [-0.1, -0.05) is 23.2 Å². The average Bonchev–Trinajstić information content (AvgIpc) is 2.32. The molecule has 0 amide bonds. The highest BCUT2D eigenvalue weighted by atomic mass is 35.5. The number of halogens is 2. The quantitative estimate of drug-likeness (QED) is 0.828. The van der Waals surface area contributed by atoms with Gasteiger partial charge in [-0.15, -0.1) is 0 Å². The minimum atomic E-state index is 0.124. The molecule has 0 aliphatic heterocycles. The zero-order chi connectivity index (χ0) is 13.1. The first-order valence-electron chi connectivity index (χ1n) is 4.93. The number of hydrogen-bond acceptors (Lipinski definition) is 5. The Hall–Kier alpha value is -1.85. The van der Waals surface area contributed by atoms with Gasteiger partial charge in [-0.05, 0) is 18.2 Å². The lowest BCUT2D eigenvalue weighted by Gasteiger charge is -2.00. The SMILES string of the molecule is Nc1ncc(C=Nc2ccc(Cl)c(Cl)c2)c(N)n1. The van der Waals surface area contributed by atoms with E-state index >= 15 is 0 Å². The van der Waals surface area contributed by atoms with E-state index in [2.05, 4.69) is 15.0 Å². The molecule has 0 aliphatic rings. The Kier molecular flexibility index (Phi) is 3.64. The van der Waals surface area contributed by atoms with Crippen molar-refractivity contribution in [2.45, 2.75) is 0 Å². The molecule has 1 heterocycles. The number of nitrogen functional groups attached to an aromatic ring is 2. The van der Waals surface area contributed by atoms with Crippen LogP contribution >= 0.6 is 23.2 Å². The lowest BCUT2D eigenvalue weighted by Crippen LogP contribution is -2.02. The number of rotatable bonds is 2. The maximum absolute atomic E-state index is 5.88. The molecule has 0 fully saturated rings. The molecule has 2 aromatic rings. The van der Waals surface area contributed by atoms with E-state index in [4.69, 9.17) is 34.7 Å².